The van der Waals surface area contributed by atoms with Gasteiger partial charge in [-0.15, -0.1) is 0 Å². The number of para-hydroxylation sites is 2. The van der Waals surface area contributed by atoms with Gasteiger partial charge in [-0.05, 0) is 31.5 Å². The summed E-state index contributed by atoms with van der Waals surface area (Å²) in [5, 5.41) is 5.27. The number of ether oxygens (including phenoxy) is 1. The van der Waals surface area contributed by atoms with E-state index in [0.717, 1.165) is 19.3 Å². The van der Waals surface area contributed by atoms with E-state index in [1.165, 1.54) is 11.7 Å². The molecule has 23 heavy (non-hydrogen) atoms. The zero-order chi connectivity index (χ0) is 16.7. The third kappa shape index (κ3) is 4.19. The summed E-state index contributed by atoms with van der Waals surface area (Å²) in [6.45, 7) is 1.18. The monoisotopic (exact) mass is 319 g/mol. The highest BCUT2D eigenvalue weighted by atomic mass is 16.5. The Balaban J connectivity index is 2.17. The Labute approximate surface area is 134 Å². The number of nitrogens with one attached hydrogen (secondary N) is 2. The molecule has 0 atom stereocenters. The van der Waals surface area contributed by atoms with Gasteiger partial charge in [0.2, 0.25) is 5.95 Å². The van der Waals surface area contributed by atoms with Crippen molar-refractivity contribution in [3.63, 3.8) is 0 Å². The smallest absolute Gasteiger partial charge is 0.413 e. The van der Waals surface area contributed by atoms with E-state index in [-0.39, 0.29) is 12.0 Å². The van der Waals surface area contributed by atoms with Crippen molar-refractivity contribution in [3.05, 3.63) is 24.3 Å². The molecule has 2 aromatic rings. The number of imidazole rings is 1. The third-order valence-electron chi connectivity index (χ3n) is 3.32. The molecule has 1 aromatic heterocycles. The summed E-state index contributed by atoms with van der Waals surface area (Å²) in [7, 11) is 1.25. The molecule has 0 fully saturated rings. The zero-order valence-electron chi connectivity index (χ0n) is 13.0. The van der Waals surface area contributed by atoms with Gasteiger partial charge in [0, 0.05) is 6.54 Å². The summed E-state index contributed by atoms with van der Waals surface area (Å²) in [6, 6.07) is 6.79. The van der Waals surface area contributed by atoms with Crippen LogP contribution in [0.2, 0.25) is 0 Å². The van der Waals surface area contributed by atoms with Crippen LogP contribution >= 0.6 is 0 Å². The van der Waals surface area contributed by atoms with Crippen molar-refractivity contribution in [1.29, 1.82) is 0 Å². The predicted octanol–water partition coefficient (Wildman–Crippen LogP) is 1.90. The SMILES string of the molecule is COC(=O)Nc1nc2ccccc2n1C(=O)NCCCCCN. The van der Waals surface area contributed by atoms with Crippen LogP contribution < -0.4 is 16.4 Å². The van der Waals surface area contributed by atoms with Crippen LogP contribution in [0.3, 0.4) is 0 Å². The number of nitrogens with two attached hydrogens (primary N) is 1. The van der Waals surface area contributed by atoms with Gasteiger partial charge in [-0.2, -0.15) is 0 Å². The van der Waals surface area contributed by atoms with Crippen molar-refractivity contribution >= 4 is 29.1 Å². The van der Waals surface area contributed by atoms with E-state index in [1.807, 2.05) is 6.07 Å². The maximum Gasteiger partial charge on any atom is 0.413 e. The summed E-state index contributed by atoms with van der Waals surface area (Å²) in [6.07, 6.45) is 2.04. The van der Waals surface area contributed by atoms with E-state index in [9.17, 15) is 9.59 Å². The molecule has 2 amide bonds. The quantitative estimate of drug-likeness (QED) is 0.704. The maximum absolute atomic E-state index is 12.4. The summed E-state index contributed by atoms with van der Waals surface area (Å²) in [5.41, 5.74) is 6.66. The average Bonchev–Trinajstić information content (AvgIpc) is 2.92. The zero-order valence-corrected chi connectivity index (χ0v) is 13.0. The van der Waals surface area contributed by atoms with E-state index in [2.05, 4.69) is 20.4 Å². The van der Waals surface area contributed by atoms with Crippen molar-refractivity contribution < 1.29 is 14.3 Å². The Hall–Kier alpha value is -2.61. The number of carbonyl (C=O) groups excluding carboxylic acids is 2. The molecule has 1 aromatic carbocycles. The standard InChI is InChI=1S/C15H21N5O3/c1-23-15(22)19-13-18-11-7-3-4-8-12(11)20(13)14(21)17-10-6-2-5-9-16/h3-4,7-8H,2,5-6,9-10,16H2,1H3,(H,17,21)(H,18,19,22). The number of amides is 2. The minimum absolute atomic E-state index is 0.123. The number of unbranched alkanes of at least 4 members (excludes halogenated alkanes) is 2. The highest BCUT2D eigenvalue weighted by Crippen LogP contribution is 2.19. The molecule has 0 unspecified atom stereocenters. The molecular weight excluding hydrogens is 298 g/mol. The minimum Gasteiger partial charge on any atom is -0.453 e. The van der Waals surface area contributed by atoms with Gasteiger partial charge in [-0.1, -0.05) is 18.6 Å². The normalized spacial score (nSPS) is 10.5. The number of hydrogen-bond donors (Lipinski definition) is 3. The van der Waals surface area contributed by atoms with E-state index in [4.69, 9.17) is 5.73 Å². The molecule has 8 heteroatoms. The van der Waals surface area contributed by atoms with E-state index < -0.39 is 6.09 Å². The largest absolute Gasteiger partial charge is 0.453 e. The molecular formula is C15H21N5O3. The number of benzene rings is 1. The molecule has 0 aliphatic rings. The first-order chi connectivity index (χ1) is 11.2. The Morgan fingerprint density at radius 1 is 1.26 bits per heavy atom. The number of methoxy groups -OCH3 is 1. The Kier molecular flexibility index (Phi) is 5.93. The molecule has 0 aliphatic carbocycles. The molecule has 8 nitrogen and oxygen atoms in total. The van der Waals surface area contributed by atoms with E-state index >= 15 is 0 Å². The van der Waals surface area contributed by atoms with Crippen molar-refractivity contribution in [3.8, 4) is 0 Å². The molecule has 124 valence electrons. The van der Waals surface area contributed by atoms with Gasteiger partial charge in [-0.25, -0.2) is 19.1 Å². The van der Waals surface area contributed by atoms with Crippen LogP contribution in [0.5, 0.6) is 0 Å². The fourth-order valence-corrected chi connectivity index (χ4v) is 2.18. The molecule has 2 rings (SSSR count). The number of hydrogen-bond acceptors (Lipinski definition) is 5. The van der Waals surface area contributed by atoms with Crippen LogP contribution in [-0.2, 0) is 4.74 Å². The predicted molar refractivity (Wildman–Crippen MR) is 87.5 cm³/mol. The van der Waals surface area contributed by atoms with Crippen LogP contribution in [0, 0.1) is 0 Å². The topological polar surface area (TPSA) is 111 Å². The van der Waals surface area contributed by atoms with Crippen LogP contribution in [0.15, 0.2) is 24.3 Å². The molecule has 1 heterocycles. The van der Waals surface area contributed by atoms with Gasteiger partial charge >= 0.3 is 12.1 Å². The first kappa shape index (κ1) is 16.8. The molecule has 0 saturated carbocycles. The van der Waals surface area contributed by atoms with Gasteiger partial charge in [0.15, 0.2) is 0 Å². The molecule has 0 saturated heterocycles. The fraction of sp³-hybridized carbons (Fsp3) is 0.400. The lowest BCUT2D eigenvalue weighted by molar-refractivity contribution is 0.186. The summed E-state index contributed by atoms with van der Waals surface area (Å²) in [4.78, 5) is 28.1. The number of aromatic nitrogens is 2. The second-order valence-electron chi connectivity index (χ2n) is 4.96. The maximum atomic E-state index is 12.4. The number of rotatable bonds is 6. The van der Waals surface area contributed by atoms with Gasteiger partial charge < -0.3 is 15.8 Å². The Morgan fingerprint density at radius 2 is 2.04 bits per heavy atom. The van der Waals surface area contributed by atoms with Crippen LogP contribution in [-0.4, -0.2) is 41.9 Å². The highest BCUT2D eigenvalue weighted by molar-refractivity contribution is 5.96. The first-order valence-corrected chi connectivity index (χ1v) is 7.48. The molecule has 0 bridgehead atoms. The first-order valence-electron chi connectivity index (χ1n) is 7.48. The second kappa shape index (κ2) is 8.14. The Morgan fingerprint density at radius 3 is 2.78 bits per heavy atom. The molecule has 0 spiro atoms. The van der Waals surface area contributed by atoms with Crippen molar-refractivity contribution in [2.45, 2.75) is 19.3 Å². The number of fused-ring (bicyclic) bond motifs is 1. The third-order valence-corrected chi connectivity index (χ3v) is 3.32. The van der Waals surface area contributed by atoms with Crippen LogP contribution in [0.1, 0.15) is 19.3 Å². The minimum atomic E-state index is -0.683. The van der Waals surface area contributed by atoms with E-state index in [1.54, 1.807) is 18.2 Å². The van der Waals surface area contributed by atoms with Crippen molar-refractivity contribution in [2.24, 2.45) is 5.73 Å². The van der Waals surface area contributed by atoms with Gasteiger partial charge in [0.1, 0.15) is 0 Å². The van der Waals surface area contributed by atoms with Crippen LogP contribution in [0.25, 0.3) is 11.0 Å². The average molecular weight is 319 g/mol. The molecule has 0 radical (unpaired) electrons. The summed E-state index contributed by atoms with van der Waals surface area (Å²) in [5.74, 6) is 0.123. The summed E-state index contributed by atoms with van der Waals surface area (Å²) < 4.78 is 5.89. The fourth-order valence-electron chi connectivity index (χ4n) is 2.18. The lowest BCUT2D eigenvalue weighted by atomic mass is 10.2. The number of carbonyl (C=O) groups is 2. The number of anilines is 1. The highest BCUT2D eigenvalue weighted by Gasteiger charge is 2.18. The molecule has 0 aliphatic heterocycles. The van der Waals surface area contributed by atoms with Crippen LogP contribution in [0.4, 0.5) is 15.5 Å². The lowest BCUT2D eigenvalue weighted by Gasteiger charge is -2.10. The lowest BCUT2D eigenvalue weighted by Crippen LogP contribution is -2.31. The van der Waals surface area contributed by atoms with Gasteiger partial charge in [-0.3, -0.25) is 5.32 Å². The Bertz CT molecular complexity index is 683. The number of nitrogens with zero attached hydrogens (tertiary/aromatic N) is 2. The second-order valence-corrected chi connectivity index (χ2v) is 4.96. The molecule has 4 N–H and O–H groups in total. The van der Waals surface area contributed by atoms with Gasteiger partial charge in [0.25, 0.3) is 0 Å². The van der Waals surface area contributed by atoms with E-state index in [0.29, 0.717) is 24.1 Å². The van der Waals surface area contributed by atoms with Crippen molar-refractivity contribution in [1.82, 2.24) is 14.9 Å². The van der Waals surface area contributed by atoms with Gasteiger partial charge in [0.05, 0.1) is 18.1 Å². The van der Waals surface area contributed by atoms with Crippen molar-refractivity contribution in [2.75, 3.05) is 25.5 Å². The summed E-state index contributed by atoms with van der Waals surface area (Å²) >= 11 is 0.